The molecule has 0 saturated carbocycles. The molecule has 1 rings (SSSR count). The first kappa shape index (κ1) is 9.19. The number of aromatic amines is 1. The Kier molecular flexibility index (Phi) is 2.19. The van der Waals surface area contributed by atoms with Gasteiger partial charge < -0.3 is 4.98 Å². The summed E-state index contributed by atoms with van der Waals surface area (Å²) in [7, 11) is 0. The zero-order valence-electron chi connectivity index (χ0n) is 6.20. The molecule has 0 aliphatic carbocycles. The monoisotopic (exact) mass is 193 g/mol. The Morgan fingerprint density at radius 2 is 2.08 bits per heavy atom. The van der Waals surface area contributed by atoms with E-state index in [1.807, 2.05) is 0 Å². The second-order valence-corrected chi connectivity index (χ2v) is 2.82. The molecule has 66 valence electrons. The van der Waals surface area contributed by atoms with Crippen molar-refractivity contribution in [2.75, 3.05) is 0 Å². The molecule has 5 heteroatoms. The van der Waals surface area contributed by atoms with Crippen LogP contribution < -0.4 is 5.56 Å². The predicted octanol–water partition coefficient (Wildman–Crippen LogP) is 2.14. The zero-order valence-corrected chi connectivity index (χ0v) is 6.95. The summed E-state index contributed by atoms with van der Waals surface area (Å²) < 4.78 is 25.3. The van der Waals surface area contributed by atoms with E-state index in [9.17, 15) is 13.6 Å². The molecule has 0 fully saturated rings. The first-order valence-electron chi connectivity index (χ1n) is 3.18. The lowest BCUT2D eigenvalue weighted by Crippen LogP contribution is -2.13. The van der Waals surface area contributed by atoms with Gasteiger partial charge >= 0.3 is 0 Å². The third-order valence-electron chi connectivity index (χ3n) is 1.34. The normalized spacial score (nSPS) is 11.7. The molecule has 0 saturated heterocycles. The minimum Gasteiger partial charge on any atom is -0.313 e. The average molecular weight is 194 g/mol. The number of hydrogen-bond donors (Lipinski definition) is 1. The minimum absolute atomic E-state index is 0.310. The van der Waals surface area contributed by atoms with Crippen LogP contribution in [0.4, 0.5) is 8.78 Å². The maximum Gasteiger partial charge on any atom is 0.273 e. The second-order valence-electron chi connectivity index (χ2n) is 2.44. The summed E-state index contributed by atoms with van der Waals surface area (Å²) in [6, 6.07) is 2.03. The van der Waals surface area contributed by atoms with Crippen molar-refractivity contribution in [3.8, 4) is 0 Å². The summed E-state index contributed by atoms with van der Waals surface area (Å²) in [5, 5.41) is -0.310. The SMILES string of the molecule is CC(F)(F)c1ccc(=O)[nH]c1Cl. The van der Waals surface area contributed by atoms with Gasteiger partial charge in [-0.05, 0) is 6.07 Å². The van der Waals surface area contributed by atoms with Crippen LogP contribution in [0.2, 0.25) is 5.15 Å². The summed E-state index contributed by atoms with van der Waals surface area (Å²) in [6.07, 6.45) is 0. The van der Waals surface area contributed by atoms with Crippen molar-refractivity contribution in [2.45, 2.75) is 12.8 Å². The number of alkyl halides is 2. The topological polar surface area (TPSA) is 32.9 Å². The predicted molar refractivity (Wildman–Crippen MR) is 41.6 cm³/mol. The molecule has 1 aromatic heterocycles. The molecule has 0 unspecified atom stereocenters. The third kappa shape index (κ3) is 1.82. The highest BCUT2D eigenvalue weighted by Gasteiger charge is 2.27. The van der Waals surface area contributed by atoms with Crippen LogP contribution in [0.3, 0.4) is 0 Å². The van der Waals surface area contributed by atoms with Gasteiger partial charge in [-0.2, -0.15) is 0 Å². The van der Waals surface area contributed by atoms with E-state index in [1.54, 1.807) is 0 Å². The van der Waals surface area contributed by atoms with Crippen molar-refractivity contribution in [1.82, 2.24) is 4.98 Å². The van der Waals surface area contributed by atoms with Crippen LogP contribution in [-0.4, -0.2) is 4.98 Å². The fourth-order valence-corrected chi connectivity index (χ4v) is 1.11. The molecule has 1 aromatic rings. The molecule has 0 amide bonds. The van der Waals surface area contributed by atoms with Crippen LogP contribution in [0.5, 0.6) is 0 Å². The van der Waals surface area contributed by atoms with Gasteiger partial charge in [-0.25, -0.2) is 8.78 Å². The standard InChI is InChI=1S/C7H6ClF2NO/c1-7(9,10)4-2-3-5(12)11-6(4)8/h2-3H,1H3,(H,11,12). The van der Waals surface area contributed by atoms with Crippen LogP contribution in [-0.2, 0) is 5.92 Å². The van der Waals surface area contributed by atoms with Crippen molar-refractivity contribution in [3.63, 3.8) is 0 Å². The van der Waals surface area contributed by atoms with E-state index in [1.165, 1.54) is 0 Å². The van der Waals surface area contributed by atoms with Gasteiger partial charge in [0, 0.05) is 13.0 Å². The summed E-state index contributed by atoms with van der Waals surface area (Å²) in [6.45, 7) is 0.715. The number of nitrogens with one attached hydrogen (secondary N) is 1. The summed E-state index contributed by atoms with van der Waals surface area (Å²) in [5.41, 5.74) is -0.864. The fourth-order valence-electron chi connectivity index (χ4n) is 0.788. The molecule has 0 aliphatic rings. The van der Waals surface area contributed by atoms with Crippen molar-refractivity contribution >= 4 is 11.6 Å². The molecular formula is C7H6ClF2NO. The second kappa shape index (κ2) is 2.86. The maximum atomic E-state index is 12.6. The molecule has 0 aromatic carbocycles. The molecule has 0 radical (unpaired) electrons. The number of hydrogen-bond acceptors (Lipinski definition) is 1. The molecule has 0 aliphatic heterocycles. The smallest absolute Gasteiger partial charge is 0.273 e. The molecule has 1 N–H and O–H groups in total. The summed E-state index contributed by atoms with van der Waals surface area (Å²) in [5.74, 6) is -3.03. The van der Waals surface area contributed by atoms with Crippen LogP contribution in [0, 0.1) is 0 Å². The van der Waals surface area contributed by atoms with Gasteiger partial charge in [-0.1, -0.05) is 11.6 Å². The first-order valence-corrected chi connectivity index (χ1v) is 3.56. The first-order chi connectivity index (χ1) is 5.41. The number of halogens is 3. The molecule has 0 bridgehead atoms. The minimum atomic E-state index is -3.03. The van der Waals surface area contributed by atoms with Crippen molar-refractivity contribution < 1.29 is 8.78 Å². The van der Waals surface area contributed by atoms with E-state index in [2.05, 4.69) is 4.98 Å². The lowest BCUT2D eigenvalue weighted by Gasteiger charge is -2.10. The Morgan fingerprint density at radius 1 is 1.50 bits per heavy atom. The van der Waals surface area contributed by atoms with Crippen LogP contribution in [0.15, 0.2) is 16.9 Å². The average Bonchev–Trinajstić information content (AvgIpc) is 1.83. The van der Waals surface area contributed by atoms with Crippen LogP contribution in [0.1, 0.15) is 12.5 Å². The van der Waals surface area contributed by atoms with Gasteiger partial charge in [-0.15, -0.1) is 0 Å². The lowest BCUT2D eigenvalue weighted by molar-refractivity contribution is 0.0172. The number of H-pyrrole nitrogens is 1. The van der Waals surface area contributed by atoms with Crippen molar-refractivity contribution in [1.29, 1.82) is 0 Å². The summed E-state index contributed by atoms with van der Waals surface area (Å²) in [4.78, 5) is 12.7. The number of rotatable bonds is 1. The zero-order chi connectivity index (χ0) is 9.35. The third-order valence-corrected chi connectivity index (χ3v) is 1.64. The fraction of sp³-hybridized carbons (Fsp3) is 0.286. The Morgan fingerprint density at radius 3 is 2.50 bits per heavy atom. The Hall–Kier alpha value is -0.900. The van der Waals surface area contributed by atoms with Crippen molar-refractivity contribution in [3.05, 3.63) is 33.2 Å². The van der Waals surface area contributed by atoms with Gasteiger partial charge in [0.25, 0.3) is 5.92 Å². The van der Waals surface area contributed by atoms with Gasteiger partial charge in [0.05, 0.1) is 5.56 Å². The highest BCUT2D eigenvalue weighted by Crippen LogP contribution is 2.30. The van der Waals surface area contributed by atoms with E-state index < -0.39 is 11.5 Å². The Bertz CT molecular complexity index is 342. The van der Waals surface area contributed by atoms with E-state index in [0.29, 0.717) is 6.92 Å². The van der Waals surface area contributed by atoms with E-state index in [0.717, 1.165) is 12.1 Å². The molecule has 0 spiro atoms. The van der Waals surface area contributed by atoms with Gasteiger partial charge in [0.2, 0.25) is 5.56 Å². The lowest BCUT2D eigenvalue weighted by atomic mass is 10.2. The molecular weight excluding hydrogens is 188 g/mol. The van der Waals surface area contributed by atoms with E-state index in [4.69, 9.17) is 11.6 Å². The Balaban J connectivity index is 3.28. The largest absolute Gasteiger partial charge is 0.313 e. The molecule has 12 heavy (non-hydrogen) atoms. The van der Waals surface area contributed by atoms with Gasteiger partial charge in [0.15, 0.2) is 0 Å². The molecule has 0 atom stereocenters. The van der Waals surface area contributed by atoms with Crippen LogP contribution in [0.25, 0.3) is 0 Å². The highest BCUT2D eigenvalue weighted by molar-refractivity contribution is 6.30. The van der Waals surface area contributed by atoms with E-state index in [-0.39, 0.29) is 10.7 Å². The van der Waals surface area contributed by atoms with E-state index >= 15 is 0 Å². The Labute approximate surface area is 72.2 Å². The van der Waals surface area contributed by atoms with Crippen LogP contribution >= 0.6 is 11.6 Å². The van der Waals surface area contributed by atoms with Gasteiger partial charge in [-0.3, -0.25) is 4.79 Å². The molecule has 2 nitrogen and oxygen atoms in total. The molecule has 1 heterocycles. The van der Waals surface area contributed by atoms with Gasteiger partial charge in [0.1, 0.15) is 5.15 Å². The highest BCUT2D eigenvalue weighted by atomic mass is 35.5. The number of pyridine rings is 1. The van der Waals surface area contributed by atoms with Crippen molar-refractivity contribution in [2.24, 2.45) is 0 Å². The number of aromatic nitrogens is 1. The quantitative estimate of drug-likeness (QED) is 0.681. The maximum absolute atomic E-state index is 12.6. The summed E-state index contributed by atoms with van der Waals surface area (Å²) >= 11 is 5.38.